The van der Waals surface area contributed by atoms with Gasteiger partial charge in [-0.2, -0.15) is 0 Å². The third-order valence-electron chi connectivity index (χ3n) is 4.24. The lowest BCUT2D eigenvalue weighted by Crippen LogP contribution is -2.01. The van der Waals surface area contributed by atoms with E-state index >= 15 is 0 Å². The largest absolute Gasteiger partial charge is 0.339 e. The fourth-order valence-electron chi connectivity index (χ4n) is 2.81. The molecule has 0 saturated heterocycles. The smallest absolute Gasteiger partial charge is 0.163 e. The molecule has 0 aliphatic carbocycles. The summed E-state index contributed by atoms with van der Waals surface area (Å²) in [7, 11) is 0. The van der Waals surface area contributed by atoms with Crippen LogP contribution in [0.3, 0.4) is 0 Å². The van der Waals surface area contributed by atoms with Crippen LogP contribution in [0.1, 0.15) is 5.56 Å². The molecule has 1 aromatic heterocycles. The average Bonchev–Trinajstić information content (AvgIpc) is 2.66. The molecule has 0 spiro atoms. The molecule has 4 aromatic rings. The Kier molecular flexibility index (Phi) is 5.85. The van der Waals surface area contributed by atoms with Gasteiger partial charge in [-0.05, 0) is 48.9 Å². The maximum Gasteiger partial charge on any atom is 0.163 e. The van der Waals surface area contributed by atoms with Crippen molar-refractivity contribution in [2.45, 2.75) is 6.92 Å². The van der Waals surface area contributed by atoms with Crippen molar-refractivity contribution in [3.8, 4) is 11.4 Å². The van der Waals surface area contributed by atoms with Crippen LogP contribution in [0.25, 0.3) is 22.3 Å². The van der Waals surface area contributed by atoms with Gasteiger partial charge in [-0.25, -0.2) is 9.97 Å². The summed E-state index contributed by atoms with van der Waals surface area (Å²) in [6.45, 7) is 1.98. The molecule has 0 unspecified atom stereocenters. The molecule has 0 amide bonds. The Hall–Kier alpha value is -2.33. The van der Waals surface area contributed by atoms with E-state index in [2.05, 4.69) is 10.3 Å². The summed E-state index contributed by atoms with van der Waals surface area (Å²) in [4.78, 5) is 9.44. The highest BCUT2D eigenvalue weighted by molar-refractivity contribution is 6.33. The van der Waals surface area contributed by atoms with Gasteiger partial charge in [-0.1, -0.05) is 53.5 Å². The number of benzene rings is 3. The summed E-state index contributed by atoms with van der Waals surface area (Å²) in [5.41, 5.74) is 3.52. The SMILES string of the molecule is Cc1c(Cl)cccc1Nc1nc(-c2ccccc2Cl)nc2ccccc12.Cl. The van der Waals surface area contributed by atoms with Gasteiger partial charge in [0.1, 0.15) is 5.82 Å². The van der Waals surface area contributed by atoms with E-state index in [0.29, 0.717) is 15.9 Å². The van der Waals surface area contributed by atoms with Gasteiger partial charge in [-0.3, -0.25) is 0 Å². The van der Waals surface area contributed by atoms with Gasteiger partial charge in [0.05, 0.1) is 10.5 Å². The van der Waals surface area contributed by atoms with E-state index in [1.807, 2.05) is 73.7 Å². The molecule has 0 bridgehead atoms. The molecule has 6 heteroatoms. The zero-order chi connectivity index (χ0) is 18.1. The molecule has 3 nitrogen and oxygen atoms in total. The Labute approximate surface area is 173 Å². The van der Waals surface area contributed by atoms with Crippen molar-refractivity contribution in [1.29, 1.82) is 0 Å². The van der Waals surface area contributed by atoms with E-state index in [1.54, 1.807) is 0 Å². The van der Waals surface area contributed by atoms with E-state index < -0.39 is 0 Å². The van der Waals surface area contributed by atoms with Gasteiger partial charge in [0.15, 0.2) is 5.82 Å². The number of aromatic nitrogens is 2. The first kappa shape index (κ1) is 19.4. The Balaban J connectivity index is 0.00000210. The molecule has 27 heavy (non-hydrogen) atoms. The highest BCUT2D eigenvalue weighted by atomic mass is 35.5. The van der Waals surface area contributed by atoms with Crippen molar-refractivity contribution < 1.29 is 0 Å². The minimum atomic E-state index is 0. The molecule has 1 heterocycles. The van der Waals surface area contributed by atoms with Gasteiger partial charge in [0.2, 0.25) is 0 Å². The van der Waals surface area contributed by atoms with Gasteiger partial charge in [-0.15, -0.1) is 12.4 Å². The van der Waals surface area contributed by atoms with Crippen LogP contribution in [0.5, 0.6) is 0 Å². The maximum atomic E-state index is 6.35. The number of anilines is 2. The second-order valence-electron chi connectivity index (χ2n) is 5.93. The molecular formula is C21H16Cl3N3. The molecular weight excluding hydrogens is 401 g/mol. The van der Waals surface area contributed by atoms with Gasteiger partial charge < -0.3 is 5.32 Å². The van der Waals surface area contributed by atoms with Crippen molar-refractivity contribution in [2.75, 3.05) is 5.32 Å². The number of fused-ring (bicyclic) bond motifs is 1. The number of nitrogens with zero attached hydrogens (tertiary/aromatic N) is 2. The van der Waals surface area contributed by atoms with Crippen molar-refractivity contribution in [1.82, 2.24) is 9.97 Å². The van der Waals surface area contributed by atoms with Crippen molar-refractivity contribution in [2.24, 2.45) is 0 Å². The summed E-state index contributed by atoms with van der Waals surface area (Å²) < 4.78 is 0. The summed E-state index contributed by atoms with van der Waals surface area (Å²) in [6, 6.07) is 21.2. The van der Waals surface area contributed by atoms with E-state index in [9.17, 15) is 0 Å². The first-order valence-electron chi connectivity index (χ1n) is 8.17. The quantitative estimate of drug-likeness (QED) is 0.388. The number of nitrogens with one attached hydrogen (secondary N) is 1. The van der Waals surface area contributed by atoms with Crippen molar-refractivity contribution in [3.63, 3.8) is 0 Å². The number of para-hydroxylation sites is 1. The van der Waals surface area contributed by atoms with Gasteiger partial charge in [0.25, 0.3) is 0 Å². The topological polar surface area (TPSA) is 37.8 Å². The molecule has 136 valence electrons. The predicted molar refractivity (Wildman–Crippen MR) is 117 cm³/mol. The molecule has 3 aromatic carbocycles. The Morgan fingerprint density at radius 1 is 0.778 bits per heavy atom. The van der Waals surface area contributed by atoms with Crippen LogP contribution in [-0.2, 0) is 0 Å². The Bertz CT molecular complexity index is 1110. The molecule has 0 atom stereocenters. The highest BCUT2D eigenvalue weighted by Gasteiger charge is 2.13. The first-order chi connectivity index (χ1) is 12.6. The molecule has 0 aliphatic heterocycles. The van der Waals surface area contributed by atoms with Crippen LogP contribution in [0.4, 0.5) is 11.5 Å². The average molecular weight is 417 g/mol. The Morgan fingerprint density at radius 3 is 2.30 bits per heavy atom. The fourth-order valence-corrected chi connectivity index (χ4v) is 3.20. The molecule has 1 N–H and O–H groups in total. The molecule has 4 rings (SSSR count). The zero-order valence-corrected chi connectivity index (χ0v) is 16.7. The standard InChI is InChI=1S/C21H15Cl2N3.ClH/c1-13-16(22)10-6-12-18(13)24-21-15-8-3-5-11-19(15)25-20(26-21)14-7-2-4-9-17(14)23;/h2-12H,1H3,(H,24,25,26);1H. The van der Waals surface area contributed by atoms with Gasteiger partial charge in [0, 0.05) is 21.7 Å². The minimum Gasteiger partial charge on any atom is -0.339 e. The highest BCUT2D eigenvalue weighted by Crippen LogP contribution is 2.32. The van der Waals surface area contributed by atoms with Crippen LogP contribution in [0, 0.1) is 6.92 Å². The zero-order valence-electron chi connectivity index (χ0n) is 14.4. The molecule has 0 fully saturated rings. The van der Waals surface area contributed by atoms with E-state index in [1.165, 1.54) is 0 Å². The number of hydrogen-bond donors (Lipinski definition) is 1. The number of rotatable bonds is 3. The lowest BCUT2D eigenvalue weighted by Gasteiger charge is -2.14. The van der Waals surface area contributed by atoms with Crippen LogP contribution >= 0.6 is 35.6 Å². The van der Waals surface area contributed by atoms with Crippen molar-refractivity contribution in [3.05, 3.63) is 82.3 Å². The number of hydrogen-bond acceptors (Lipinski definition) is 3. The van der Waals surface area contributed by atoms with Crippen LogP contribution in [-0.4, -0.2) is 9.97 Å². The van der Waals surface area contributed by atoms with Gasteiger partial charge >= 0.3 is 0 Å². The van der Waals surface area contributed by atoms with Crippen molar-refractivity contribution >= 4 is 58.0 Å². The summed E-state index contributed by atoms with van der Waals surface area (Å²) in [5.74, 6) is 1.30. The molecule has 0 radical (unpaired) electrons. The van der Waals surface area contributed by atoms with Crippen LogP contribution < -0.4 is 5.32 Å². The predicted octanol–water partition coefficient (Wildman–Crippen LogP) is 7.08. The summed E-state index contributed by atoms with van der Waals surface area (Å²) in [5, 5.41) is 5.67. The second-order valence-corrected chi connectivity index (χ2v) is 6.74. The lowest BCUT2D eigenvalue weighted by molar-refractivity contribution is 1.22. The number of halogens is 3. The van der Waals surface area contributed by atoms with E-state index in [0.717, 1.165) is 33.5 Å². The minimum absolute atomic E-state index is 0. The summed E-state index contributed by atoms with van der Waals surface area (Å²) >= 11 is 12.6. The fraction of sp³-hybridized carbons (Fsp3) is 0.0476. The first-order valence-corrected chi connectivity index (χ1v) is 8.93. The second kappa shape index (κ2) is 8.13. The van der Waals surface area contributed by atoms with E-state index in [4.69, 9.17) is 28.2 Å². The summed E-state index contributed by atoms with van der Waals surface area (Å²) in [6.07, 6.45) is 0. The van der Waals surface area contributed by atoms with Crippen LogP contribution in [0.15, 0.2) is 66.7 Å². The third-order valence-corrected chi connectivity index (χ3v) is 4.98. The normalized spacial score (nSPS) is 10.5. The van der Waals surface area contributed by atoms with Crippen LogP contribution in [0.2, 0.25) is 10.0 Å². The molecule has 0 aliphatic rings. The van der Waals surface area contributed by atoms with E-state index in [-0.39, 0.29) is 12.4 Å². The monoisotopic (exact) mass is 415 g/mol. The lowest BCUT2D eigenvalue weighted by atomic mass is 10.1. The Morgan fingerprint density at radius 2 is 1.48 bits per heavy atom. The molecule has 0 saturated carbocycles. The third kappa shape index (κ3) is 3.86. The maximum absolute atomic E-state index is 6.35.